The predicted octanol–water partition coefficient (Wildman–Crippen LogP) is 1.69. The summed E-state index contributed by atoms with van der Waals surface area (Å²) < 4.78 is 33.9. The number of ether oxygens (including phenoxy) is 1. The molecule has 1 aromatic rings. The molecule has 5 nitrogen and oxygen atoms in total. The summed E-state index contributed by atoms with van der Waals surface area (Å²) in [5, 5.41) is 0.395. The van der Waals surface area contributed by atoms with Gasteiger partial charge in [0, 0.05) is 5.02 Å². The molecule has 1 aromatic carbocycles. The molecule has 0 saturated carbocycles. The van der Waals surface area contributed by atoms with Crippen LogP contribution in [-0.4, -0.2) is 31.3 Å². The van der Waals surface area contributed by atoms with Crippen LogP contribution in [0.5, 0.6) is 0 Å². The zero-order valence-corrected chi connectivity index (χ0v) is 10.6. The molecule has 0 aliphatic heterocycles. The van der Waals surface area contributed by atoms with Crippen LogP contribution in [0.15, 0.2) is 18.2 Å². The number of aryl methyl sites for hydroxylation is 1. The van der Waals surface area contributed by atoms with E-state index in [1.54, 1.807) is 19.1 Å². The Morgan fingerprint density at radius 1 is 1.41 bits per heavy atom. The fourth-order valence-electron chi connectivity index (χ4n) is 1.18. The monoisotopic (exact) mass is 278 g/mol. The minimum atomic E-state index is -4.12. The molecule has 17 heavy (non-hydrogen) atoms. The molecular formula is C10H11ClO5S. The van der Waals surface area contributed by atoms with Crippen molar-refractivity contribution in [3.8, 4) is 0 Å². The molecule has 0 bridgehead atoms. The average Bonchev–Trinajstić information content (AvgIpc) is 2.13. The van der Waals surface area contributed by atoms with Crippen LogP contribution in [0, 0.1) is 6.92 Å². The largest absolute Gasteiger partial charge is 0.461 e. The molecule has 94 valence electrons. The van der Waals surface area contributed by atoms with E-state index in [4.69, 9.17) is 16.2 Å². The predicted molar refractivity (Wildman–Crippen MR) is 62.9 cm³/mol. The molecular weight excluding hydrogens is 268 g/mol. The maximum atomic E-state index is 11.5. The summed E-state index contributed by atoms with van der Waals surface area (Å²) in [6.07, 6.45) is 0. The van der Waals surface area contributed by atoms with Gasteiger partial charge in [0.1, 0.15) is 12.4 Å². The Bertz CT molecular complexity index is 503. The topological polar surface area (TPSA) is 80.7 Å². The highest BCUT2D eigenvalue weighted by atomic mass is 35.5. The Hall–Kier alpha value is -1.11. The minimum absolute atomic E-state index is 0.241. The van der Waals surface area contributed by atoms with Gasteiger partial charge in [-0.15, -0.1) is 0 Å². The van der Waals surface area contributed by atoms with Crippen molar-refractivity contribution in [2.45, 2.75) is 6.92 Å². The van der Waals surface area contributed by atoms with Gasteiger partial charge >= 0.3 is 5.97 Å². The highest BCUT2D eigenvalue weighted by Crippen LogP contribution is 2.15. The third-order valence-corrected chi connectivity index (χ3v) is 2.75. The molecule has 1 rings (SSSR count). The SMILES string of the molecule is Cc1cc(Cl)cc(C(=O)OCCS(=O)(=O)O)c1. The molecule has 0 aromatic heterocycles. The van der Waals surface area contributed by atoms with Crippen molar-refractivity contribution in [3.63, 3.8) is 0 Å². The van der Waals surface area contributed by atoms with E-state index in [2.05, 4.69) is 4.74 Å². The first-order chi connectivity index (χ1) is 7.78. The van der Waals surface area contributed by atoms with Crippen LogP contribution in [0.25, 0.3) is 0 Å². The maximum Gasteiger partial charge on any atom is 0.338 e. The normalized spacial score (nSPS) is 11.2. The van der Waals surface area contributed by atoms with Crippen molar-refractivity contribution in [3.05, 3.63) is 34.3 Å². The molecule has 0 radical (unpaired) electrons. The molecule has 0 fully saturated rings. The average molecular weight is 279 g/mol. The zero-order chi connectivity index (χ0) is 13.1. The van der Waals surface area contributed by atoms with Gasteiger partial charge in [-0.05, 0) is 30.7 Å². The highest BCUT2D eigenvalue weighted by Gasteiger charge is 2.11. The van der Waals surface area contributed by atoms with Crippen molar-refractivity contribution in [2.75, 3.05) is 12.4 Å². The van der Waals surface area contributed by atoms with Crippen molar-refractivity contribution in [2.24, 2.45) is 0 Å². The third kappa shape index (κ3) is 5.16. The van der Waals surface area contributed by atoms with Crippen LogP contribution in [0.1, 0.15) is 15.9 Å². The van der Waals surface area contributed by atoms with Gasteiger partial charge in [0.2, 0.25) is 0 Å². The molecule has 0 heterocycles. The number of rotatable bonds is 4. The second kappa shape index (κ2) is 5.48. The van der Waals surface area contributed by atoms with Crippen molar-refractivity contribution in [1.29, 1.82) is 0 Å². The summed E-state index contributed by atoms with van der Waals surface area (Å²) >= 11 is 5.76. The van der Waals surface area contributed by atoms with Crippen molar-refractivity contribution in [1.82, 2.24) is 0 Å². The lowest BCUT2D eigenvalue weighted by Crippen LogP contribution is -2.14. The fraction of sp³-hybridized carbons (Fsp3) is 0.300. The molecule has 0 amide bonds. The lowest BCUT2D eigenvalue weighted by atomic mass is 10.1. The third-order valence-electron chi connectivity index (χ3n) is 1.85. The van der Waals surface area contributed by atoms with Crippen LogP contribution < -0.4 is 0 Å². The molecule has 0 aliphatic carbocycles. The van der Waals surface area contributed by atoms with E-state index in [9.17, 15) is 13.2 Å². The lowest BCUT2D eigenvalue weighted by molar-refractivity contribution is 0.0528. The summed E-state index contributed by atoms with van der Waals surface area (Å²) in [6.45, 7) is 1.37. The second-order valence-electron chi connectivity index (χ2n) is 3.44. The van der Waals surface area contributed by atoms with Crippen LogP contribution in [0.4, 0.5) is 0 Å². The molecule has 0 atom stereocenters. The van der Waals surface area contributed by atoms with Crippen molar-refractivity contribution < 1.29 is 22.5 Å². The van der Waals surface area contributed by atoms with Gasteiger partial charge in [-0.2, -0.15) is 8.42 Å². The summed E-state index contributed by atoms with van der Waals surface area (Å²) in [5.74, 6) is -1.31. The number of carbonyl (C=O) groups excluding carboxylic acids is 1. The molecule has 0 saturated heterocycles. The van der Waals surface area contributed by atoms with Gasteiger partial charge in [0.25, 0.3) is 10.1 Å². The van der Waals surface area contributed by atoms with Gasteiger partial charge in [-0.1, -0.05) is 11.6 Å². The van der Waals surface area contributed by atoms with Crippen LogP contribution in [-0.2, 0) is 14.9 Å². The maximum absolute atomic E-state index is 11.5. The van der Waals surface area contributed by atoms with Crippen molar-refractivity contribution >= 4 is 27.7 Å². The van der Waals surface area contributed by atoms with Gasteiger partial charge in [0.05, 0.1) is 5.56 Å². The molecule has 7 heteroatoms. The molecule has 0 unspecified atom stereocenters. The Morgan fingerprint density at radius 2 is 2.06 bits per heavy atom. The fourth-order valence-corrected chi connectivity index (χ4v) is 1.76. The van der Waals surface area contributed by atoms with Gasteiger partial charge in [-0.3, -0.25) is 4.55 Å². The van der Waals surface area contributed by atoms with Gasteiger partial charge in [-0.25, -0.2) is 4.79 Å². The van der Waals surface area contributed by atoms with Crippen LogP contribution in [0.2, 0.25) is 5.02 Å². The molecule has 0 spiro atoms. The minimum Gasteiger partial charge on any atom is -0.461 e. The number of halogens is 1. The standard InChI is InChI=1S/C10H11ClO5S/c1-7-4-8(6-9(11)5-7)10(12)16-2-3-17(13,14)15/h4-6H,2-3H2,1H3,(H,13,14,15). The Balaban J connectivity index is 2.64. The number of hydrogen-bond acceptors (Lipinski definition) is 4. The first kappa shape index (κ1) is 14.0. The van der Waals surface area contributed by atoms with E-state index < -0.39 is 28.4 Å². The van der Waals surface area contributed by atoms with E-state index in [1.807, 2.05) is 0 Å². The van der Waals surface area contributed by atoms with Crippen LogP contribution >= 0.6 is 11.6 Å². The molecule has 0 aliphatic rings. The highest BCUT2D eigenvalue weighted by molar-refractivity contribution is 7.85. The summed E-state index contributed by atoms with van der Waals surface area (Å²) in [6, 6.07) is 4.67. The van der Waals surface area contributed by atoms with Gasteiger partial charge < -0.3 is 4.74 Å². The number of esters is 1. The molecule has 1 N–H and O–H groups in total. The number of carbonyl (C=O) groups is 1. The van der Waals surface area contributed by atoms with E-state index in [1.165, 1.54) is 6.07 Å². The Labute approximate surface area is 104 Å². The first-order valence-electron chi connectivity index (χ1n) is 4.67. The quantitative estimate of drug-likeness (QED) is 0.670. The Kier molecular flexibility index (Phi) is 4.50. The number of benzene rings is 1. The lowest BCUT2D eigenvalue weighted by Gasteiger charge is -2.05. The smallest absolute Gasteiger partial charge is 0.338 e. The van der Waals surface area contributed by atoms with E-state index in [-0.39, 0.29) is 5.56 Å². The summed E-state index contributed by atoms with van der Waals surface area (Å²) in [5.41, 5.74) is 1.03. The second-order valence-corrected chi connectivity index (χ2v) is 5.45. The van der Waals surface area contributed by atoms with Gasteiger partial charge in [0.15, 0.2) is 0 Å². The van der Waals surface area contributed by atoms with E-state index in [0.717, 1.165) is 5.56 Å². The van der Waals surface area contributed by atoms with Crippen LogP contribution in [0.3, 0.4) is 0 Å². The zero-order valence-electron chi connectivity index (χ0n) is 9.01. The summed E-state index contributed by atoms with van der Waals surface area (Å²) in [4.78, 5) is 11.5. The van der Waals surface area contributed by atoms with E-state index >= 15 is 0 Å². The Morgan fingerprint density at radius 3 is 2.59 bits per heavy atom. The summed E-state index contributed by atoms with van der Waals surface area (Å²) in [7, 11) is -4.12. The first-order valence-corrected chi connectivity index (χ1v) is 6.66. The number of hydrogen-bond donors (Lipinski definition) is 1. The van der Waals surface area contributed by atoms with E-state index in [0.29, 0.717) is 5.02 Å².